The van der Waals surface area contributed by atoms with E-state index in [1.807, 2.05) is 48.5 Å². The van der Waals surface area contributed by atoms with Crippen molar-refractivity contribution in [1.82, 2.24) is 0 Å². The molecule has 0 amide bonds. The Hall–Kier alpha value is -7.60. The zero-order valence-electron chi connectivity index (χ0n) is 34.3. The molecule has 12 nitrogen and oxygen atoms in total. The fraction of sp³-hybridized carbons (Fsp3) is 0.167. The molecule has 2 heterocycles. The number of benzene rings is 4. The highest BCUT2D eigenvalue weighted by atomic mass is 16.5. The van der Waals surface area contributed by atoms with Crippen LogP contribution in [0.5, 0.6) is 46.0 Å². The van der Waals surface area contributed by atoms with Crippen LogP contribution in [-0.4, -0.2) is 67.8 Å². The van der Waals surface area contributed by atoms with Gasteiger partial charge in [-0.2, -0.15) is 0 Å². The zero-order chi connectivity index (χ0) is 42.5. The molecular weight excluding hydrogens is 769 g/mol. The van der Waals surface area contributed by atoms with E-state index in [-0.39, 0.29) is 22.7 Å². The smallest absolute Gasteiger partial charge is 0.365 e. The van der Waals surface area contributed by atoms with Gasteiger partial charge in [0, 0.05) is 17.7 Å². The average Bonchev–Trinajstić information content (AvgIpc) is 3.30. The predicted octanol–water partition coefficient (Wildman–Crippen LogP) is 9.78. The highest BCUT2D eigenvalue weighted by molar-refractivity contribution is 6.23. The molecule has 4 aromatic carbocycles. The van der Waals surface area contributed by atoms with Crippen LogP contribution in [0.2, 0.25) is 0 Å². The number of carbonyl (C=O) groups is 1. The number of allylic oxidation sites excluding steroid dienone is 6. The van der Waals surface area contributed by atoms with E-state index in [2.05, 4.69) is 0 Å². The third-order valence-electron chi connectivity index (χ3n) is 9.90. The maximum Gasteiger partial charge on any atom is 0.365 e. The van der Waals surface area contributed by atoms with Crippen LogP contribution in [0.25, 0.3) is 40.2 Å². The van der Waals surface area contributed by atoms with Crippen molar-refractivity contribution in [2.45, 2.75) is 0 Å². The molecule has 306 valence electrons. The van der Waals surface area contributed by atoms with Crippen LogP contribution in [0.4, 0.5) is 0 Å². The number of para-hydroxylation sites is 2. The maximum absolute atomic E-state index is 14.0. The third kappa shape index (κ3) is 7.70. The van der Waals surface area contributed by atoms with Crippen molar-refractivity contribution in [3.63, 3.8) is 0 Å². The Morgan fingerprint density at radius 1 is 0.533 bits per heavy atom. The number of rotatable bonds is 14. The Morgan fingerprint density at radius 3 is 1.55 bits per heavy atom. The van der Waals surface area contributed by atoms with Crippen LogP contribution < -0.4 is 37.9 Å². The quantitative estimate of drug-likeness (QED) is 0.0846. The van der Waals surface area contributed by atoms with Gasteiger partial charge in [0.2, 0.25) is 17.3 Å². The van der Waals surface area contributed by atoms with Crippen LogP contribution in [0, 0.1) is 0 Å². The summed E-state index contributed by atoms with van der Waals surface area (Å²) in [5.74, 6) is 4.89. The standard InChI is InChI=1S/C48H42O12/c1-51-35-15-11-9-13-31(35)39-21-27(19-37(59-39)29-23-41(53-3)47(57-7)42(24-29)54-4)17-33-45(49)34(46(33)50)18-28-20-38(30-25-43(55-5)48(58-8)44(26-30)56-6)60-40(22-28)32-14-10-12-16-36(32)52-2/h9-26H,1-8H3/p+1. The second-order valence-electron chi connectivity index (χ2n) is 13.3. The van der Waals surface area contributed by atoms with Crippen molar-refractivity contribution in [3.05, 3.63) is 142 Å². The molecule has 0 radical (unpaired) electrons. The highest BCUT2D eigenvalue weighted by Crippen LogP contribution is 2.45. The van der Waals surface area contributed by atoms with E-state index >= 15 is 0 Å². The molecule has 0 atom stereocenters. The molecule has 0 saturated carbocycles. The van der Waals surface area contributed by atoms with Gasteiger partial charge in [0.25, 0.3) is 0 Å². The predicted molar refractivity (Wildman–Crippen MR) is 227 cm³/mol. The molecule has 60 heavy (non-hydrogen) atoms. The number of carbonyl (C=O) groups excluding carboxylic acids is 1. The van der Waals surface area contributed by atoms with E-state index in [1.54, 1.807) is 74.9 Å². The molecule has 1 aromatic heterocycles. The summed E-state index contributed by atoms with van der Waals surface area (Å²) in [6, 6.07) is 25.4. The fourth-order valence-corrected chi connectivity index (χ4v) is 6.95. The van der Waals surface area contributed by atoms with Crippen molar-refractivity contribution < 1.29 is 56.9 Å². The second-order valence-corrected chi connectivity index (χ2v) is 13.3. The first-order chi connectivity index (χ1) is 29.2. The topological polar surface area (TPSA) is 132 Å². The van der Waals surface area contributed by atoms with E-state index in [0.29, 0.717) is 102 Å². The number of ether oxygens (including phenoxy) is 9. The van der Waals surface area contributed by atoms with Gasteiger partial charge in [-0.05, 0) is 71.8 Å². The number of hydrogen-bond acceptors (Lipinski definition) is 11. The number of Topliss-reactive ketones (excluding diaryl/α,β-unsaturated/α-hetero) is 1. The summed E-state index contributed by atoms with van der Waals surface area (Å²) in [5.41, 5.74) is 3.94. The molecule has 0 saturated heterocycles. The minimum atomic E-state index is -0.365. The lowest BCUT2D eigenvalue weighted by atomic mass is 9.85. The fourth-order valence-electron chi connectivity index (χ4n) is 6.95. The van der Waals surface area contributed by atoms with E-state index < -0.39 is 0 Å². The monoisotopic (exact) mass is 811 g/mol. The van der Waals surface area contributed by atoms with Crippen molar-refractivity contribution in [1.29, 1.82) is 0 Å². The van der Waals surface area contributed by atoms with Crippen molar-refractivity contribution >= 4 is 23.4 Å². The Labute approximate surface area is 347 Å². The van der Waals surface area contributed by atoms with Gasteiger partial charge in [-0.15, -0.1) is 0 Å². The number of hydrogen-bond donors (Lipinski definition) is 1. The SMILES string of the molecule is COc1ccccc1C1=CC(=CC2=C(O)C(=Cc3cc(-c4cc(OC)c(OC)c(OC)c4)[o+]c(-c4ccccc4OC)c3)C2=O)C=C(c2cc(OC)c(OC)c(OC)c2)O1. The van der Waals surface area contributed by atoms with Crippen LogP contribution in [0.15, 0.2) is 130 Å². The molecule has 0 unspecified atom stereocenters. The molecule has 2 aliphatic rings. The summed E-state index contributed by atoms with van der Waals surface area (Å²) in [5, 5.41) is 11.5. The molecule has 5 aromatic rings. The Morgan fingerprint density at radius 2 is 1.02 bits per heavy atom. The number of aliphatic hydroxyl groups is 1. The molecule has 1 aliphatic carbocycles. The first kappa shape index (κ1) is 40.6. The van der Waals surface area contributed by atoms with Crippen molar-refractivity contribution in [2.75, 3.05) is 56.9 Å². The van der Waals surface area contributed by atoms with Gasteiger partial charge in [-0.1, -0.05) is 24.3 Å². The van der Waals surface area contributed by atoms with Crippen LogP contribution in [0.3, 0.4) is 0 Å². The van der Waals surface area contributed by atoms with E-state index in [4.69, 9.17) is 47.0 Å². The third-order valence-corrected chi connectivity index (χ3v) is 9.90. The highest BCUT2D eigenvalue weighted by Gasteiger charge is 2.34. The molecule has 1 aliphatic heterocycles. The molecule has 12 heteroatoms. The first-order valence-corrected chi connectivity index (χ1v) is 18.6. The minimum Gasteiger partial charge on any atom is -0.506 e. The summed E-state index contributed by atoms with van der Waals surface area (Å²) in [6.07, 6.45) is 6.77. The average molecular weight is 812 g/mol. The van der Waals surface area contributed by atoms with Gasteiger partial charge >= 0.3 is 11.5 Å². The molecule has 0 bridgehead atoms. The summed E-state index contributed by atoms with van der Waals surface area (Å²) < 4.78 is 57.8. The van der Waals surface area contributed by atoms with E-state index in [9.17, 15) is 9.90 Å². The first-order valence-electron chi connectivity index (χ1n) is 18.6. The Kier molecular flexibility index (Phi) is 11.8. The van der Waals surface area contributed by atoms with E-state index in [1.165, 1.54) is 42.7 Å². The lowest BCUT2D eigenvalue weighted by Gasteiger charge is -2.23. The van der Waals surface area contributed by atoms with Gasteiger partial charge < -0.3 is 47.7 Å². The van der Waals surface area contributed by atoms with Crippen molar-refractivity contribution in [2.24, 2.45) is 0 Å². The molecule has 0 fully saturated rings. The second kappa shape index (κ2) is 17.5. The lowest BCUT2D eigenvalue weighted by molar-refractivity contribution is -0.113. The van der Waals surface area contributed by atoms with E-state index in [0.717, 1.165) is 0 Å². The summed E-state index contributed by atoms with van der Waals surface area (Å²) in [7, 11) is 12.3. The number of ketones is 1. The van der Waals surface area contributed by atoms with Gasteiger partial charge in [-0.25, -0.2) is 4.42 Å². The summed E-state index contributed by atoms with van der Waals surface area (Å²) >= 11 is 0. The van der Waals surface area contributed by atoms with Crippen LogP contribution in [-0.2, 0) is 9.53 Å². The van der Waals surface area contributed by atoms with Crippen LogP contribution >= 0.6 is 0 Å². The van der Waals surface area contributed by atoms with Crippen LogP contribution in [0.1, 0.15) is 16.7 Å². The minimum absolute atomic E-state index is 0.115. The summed E-state index contributed by atoms with van der Waals surface area (Å²) in [6.45, 7) is 0. The Balaban J connectivity index is 1.35. The molecular formula is C48H43O12+. The lowest BCUT2D eigenvalue weighted by Crippen LogP contribution is -2.21. The van der Waals surface area contributed by atoms with Crippen molar-refractivity contribution in [3.8, 4) is 68.6 Å². The zero-order valence-corrected chi connectivity index (χ0v) is 34.3. The largest absolute Gasteiger partial charge is 0.506 e. The number of methoxy groups -OCH3 is 8. The molecule has 7 rings (SSSR count). The number of aliphatic hydroxyl groups excluding tert-OH is 1. The summed E-state index contributed by atoms with van der Waals surface area (Å²) in [4.78, 5) is 14.0. The molecule has 0 spiro atoms. The molecule has 1 N–H and O–H groups in total. The maximum atomic E-state index is 14.0. The van der Waals surface area contributed by atoms with Gasteiger partial charge in [0.05, 0.1) is 91.3 Å². The van der Waals surface area contributed by atoms with Gasteiger partial charge in [-0.3, -0.25) is 4.79 Å². The van der Waals surface area contributed by atoms with Gasteiger partial charge in [0.15, 0.2) is 23.0 Å². The normalized spacial score (nSPS) is 14.8. The van der Waals surface area contributed by atoms with Gasteiger partial charge in [0.1, 0.15) is 34.3 Å². The Bertz CT molecular complexity index is 2600.